The number of nitrogens with two attached hydrogens (primary N) is 1. The van der Waals surface area contributed by atoms with Crippen molar-refractivity contribution in [3.8, 4) is 0 Å². The van der Waals surface area contributed by atoms with Crippen LogP contribution in [0.25, 0.3) is 11.0 Å². The lowest BCUT2D eigenvalue weighted by Crippen LogP contribution is -2.18. The highest BCUT2D eigenvalue weighted by molar-refractivity contribution is 5.74. The minimum atomic E-state index is -0.0777. The van der Waals surface area contributed by atoms with E-state index in [0.29, 0.717) is 0 Å². The quantitative estimate of drug-likeness (QED) is 0.733. The summed E-state index contributed by atoms with van der Waals surface area (Å²) in [5.41, 5.74) is 9.08. The summed E-state index contributed by atoms with van der Waals surface area (Å²) in [6, 6.07) is 6.10. The van der Waals surface area contributed by atoms with Crippen LogP contribution in [0.2, 0.25) is 0 Å². The Kier molecular flexibility index (Phi) is 1.42. The average Bonchev–Trinajstić information content (AvgIpc) is 2.97. The maximum atomic E-state index is 6.11. The predicted octanol–water partition coefficient (Wildman–Crippen LogP) is 1.58. The number of nitrogens with zero attached hydrogens (tertiary/aromatic N) is 2. The van der Waals surface area contributed by atoms with E-state index in [0.717, 1.165) is 23.9 Å². The van der Waals surface area contributed by atoms with Crippen LogP contribution in [0.3, 0.4) is 0 Å². The van der Waals surface area contributed by atoms with Crippen molar-refractivity contribution in [1.82, 2.24) is 9.97 Å². The minimum Gasteiger partial charge on any atom is -0.321 e. The van der Waals surface area contributed by atoms with Crippen molar-refractivity contribution in [3.05, 3.63) is 36.2 Å². The van der Waals surface area contributed by atoms with E-state index in [1.165, 1.54) is 5.56 Å². The molecule has 1 aliphatic rings. The van der Waals surface area contributed by atoms with Crippen molar-refractivity contribution in [1.29, 1.82) is 0 Å². The zero-order valence-corrected chi connectivity index (χ0v) is 7.77. The Bertz CT molecular complexity index is 489. The molecular weight excluding hydrogens is 174 g/mol. The summed E-state index contributed by atoms with van der Waals surface area (Å²) in [6.07, 6.45) is 5.58. The molecular formula is C11H11N3. The fourth-order valence-electron chi connectivity index (χ4n) is 1.70. The molecule has 14 heavy (non-hydrogen) atoms. The first kappa shape index (κ1) is 7.88. The molecule has 0 saturated heterocycles. The molecule has 70 valence electrons. The molecule has 3 rings (SSSR count). The lowest BCUT2D eigenvalue weighted by atomic mass is 10.1. The Labute approximate surface area is 82.0 Å². The van der Waals surface area contributed by atoms with E-state index < -0.39 is 0 Å². The van der Waals surface area contributed by atoms with Crippen LogP contribution < -0.4 is 5.73 Å². The second-order valence-electron chi connectivity index (χ2n) is 3.92. The fourth-order valence-corrected chi connectivity index (χ4v) is 1.70. The molecule has 0 bridgehead atoms. The van der Waals surface area contributed by atoms with E-state index in [2.05, 4.69) is 22.1 Å². The monoisotopic (exact) mass is 185 g/mol. The van der Waals surface area contributed by atoms with E-state index in [4.69, 9.17) is 5.73 Å². The topological polar surface area (TPSA) is 51.8 Å². The van der Waals surface area contributed by atoms with Crippen LogP contribution in [0.1, 0.15) is 18.4 Å². The second-order valence-corrected chi connectivity index (χ2v) is 3.92. The molecule has 1 fully saturated rings. The van der Waals surface area contributed by atoms with Crippen molar-refractivity contribution >= 4 is 11.0 Å². The summed E-state index contributed by atoms with van der Waals surface area (Å²) >= 11 is 0. The molecule has 0 aliphatic heterocycles. The number of rotatable bonds is 1. The number of hydrogen-bond acceptors (Lipinski definition) is 3. The van der Waals surface area contributed by atoms with Gasteiger partial charge in [-0.3, -0.25) is 9.97 Å². The summed E-state index contributed by atoms with van der Waals surface area (Å²) in [4.78, 5) is 8.49. The van der Waals surface area contributed by atoms with E-state index in [1.54, 1.807) is 12.4 Å². The molecule has 3 heteroatoms. The normalized spacial score (nSPS) is 18.4. The van der Waals surface area contributed by atoms with Crippen LogP contribution in [0.5, 0.6) is 0 Å². The van der Waals surface area contributed by atoms with Crippen LogP contribution in [0.4, 0.5) is 0 Å². The highest BCUT2D eigenvalue weighted by Crippen LogP contribution is 2.42. The molecule has 1 heterocycles. The minimum absolute atomic E-state index is 0.0777. The smallest absolute Gasteiger partial charge is 0.0890 e. The predicted molar refractivity (Wildman–Crippen MR) is 54.6 cm³/mol. The third-order valence-corrected chi connectivity index (χ3v) is 2.83. The first-order valence-electron chi connectivity index (χ1n) is 4.78. The molecule has 2 N–H and O–H groups in total. The Morgan fingerprint density at radius 2 is 1.79 bits per heavy atom. The van der Waals surface area contributed by atoms with Gasteiger partial charge in [0.15, 0.2) is 0 Å². The van der Waals surface area contributed by atoms with Gasteiger partial charge in [0, 0.05) is 17.9 Å². The Hall–Kier alpha value is -1.48. The maximum absolute atomic E-state index is 6.11. The van der Waals surface area contributed by atoms with E-state index in [1.807, 2.05) is 6.07 Å². The first-order valence-corrected chi connectivity index (χ1v) is 4.78. The Morgan fingerprint density at radius 1 is 1.07 bits per heavy atom. The van der Waals surface area contributed by atoms with Crippen LogP contribution in [0, 0.1) is 0 Å². The Morgan fingerprint density at radius 3 is 2.50 bits per heavy atom. The third kappa shape index (κ3) is 1.09. The summed E-state index contributed by atoms with van der Waals surface area (Å²) in [5.74, 6) is 0. The van der Waals surface area contributed by atoms with Gasteiger partial charge in [0.05, 0.1) is 11.0 Å². The first-order chi connectivity index (χ1) is 6.78. The molecule has 2 aromatic rings. The molecule has 1 saturated carbocycles. The van der Waals surface area contributed by atoms with E-state index in [-0.39, 0.29) is 5.54 Å². The highest BCUT2D eigenvalue weighted by atomic mass is 14.8. The van der Waals surface area contributed by atoms with Crippen molar-refractivity contribution in [2.24, 2.45) is 5.73 Å². The summed E-state index contributed by atoms with van der Waals surface area (Å²) < 4.78 is 0. The van der Waals surface area contributed by atoms with Gasteiger partial charge in [-0.2, -0.15) is 0 Å². The SMILES string of the molecule is NC1(c2ccc3nccnc3c2)CC1. The van der Waals surface area contributed by atoms with Gasteiger partial charge < -0.3 is 5.73 Å². The van der Waals surface area contributed by atoms with Crippen molar-refractivity contribution in [2.45, 2.75) is 18.4 Å². The summed E-state index contributed by atoms with van der Waals surface area (Å²) in [6.45, 7) is 0. The molecule has 1 aromatic heterocycles. The van der Waals surface area contributed by atoms with Gasteiger partial charge in [-0.1, -0.05) is 6.07 Å². The lowest BCUT2D eigenvalue weighted by Gasteiger charge is -2.08. The molecule has 0 amide bonds. The van der Waals surface area contributed by atoms with E-state index in [9.17, 15) is 0 Å². The molecule has 0 radical (unpaired) electrons. The summed E-state index contributed by atoms with van der Waals surface area (Å²) in [5, 5.41) is 0. The zero-order chi connectivity index (χ0) is 9.60. The van der Waals surface area contributed by atoms with Gasteiger partial charge in [0.2, 0.25) is 0 Å². The summed E-state index contributed by atoms with van der Waals surface area (Å²) in [7, 11) is 0. The lowest BCUT2D eigenvalue weighted by molar-refractivity contribution is 0.741. The van der Waals surface area contributed by atoms with Gasteiger partial charge in [-0.25, -0.2) is 0 Å². The standard InChI is InChI=1S/C11H11N3/c12-11(3-4-11)8-1-2-9-10(7-8)14-6-5-13-9/h1-2,5-7H,3-4,12H2. The van der Waals surface area contributed by atoms with Crippen molar-refractivity contribution < 1.29 is 0 Å². The largest absolute Gasteiger partial charge is 0.321 e. The highest BCUT2D eigenvalue weighted by Gasteiger charge is 2.39. The molecule has 1 aromatic carbocycles. The fraction of sp³-hybridized carbons (Fsp3) is 0.273. The molecule has 0 atom stereocenters. The zero-order valence-electron chi connectivity index (χ0n) is 7.77. The number of aromatic nitrogens is 2. The van der Waals surface area contributed by atoms with Crippen molar-refractivity contribution in [3.63, 3.8) is 0 Å². The number of hydrogen-bond donors (Lipinski definition) is 1. The molecule has 0 unspecified atom stereocenters. The molecule has 1 aliphatic carbocycles. The molecule has 0 spiro atoms. The van der Waals surface area contributed by atoms with Crippen LogP contribution in [0.15, 0.2) is 30.6 Å². The maximum Gasteiger partial charge on any atom is 0.0890 e. The second kappa shape index (κ2) is 2.51. The number of benzene rings is 1. The van der Waals surface area contributed by atoms with Gasteiger partial charge >= 0.3 is 0 Å². The van der Waals surface area contributed by atoms with Gasteiger partial charge in [-0.05, 0) is 30.5 Å². The van der Waals surface area contributed by atoms with Crippen molar-refractivity contribution in [2.75, 3.05) is 0 Å². The van der Waals surface area contributed by atoms with Gasteiger partial charge in [-0.15, -0.1) is 0 Å². The van der Waals surface area contributed by atoms with Crippen LogP contribution in [-0.4, -0.2) is 9.97 Å². The van der Waals surface area contributed by atoms with Crippen LogP contribution in [-0.2, 0) is 5.54 Å². The number of fused-ring (bicyclic) bond motifs is 1. The average molecular weight is 185 g/mol. The van der Waals surface area contributed by atoms with Gasteiger partial charge in [0.1, 0.15) is 0 Å². The Balaban J connectivity index is 2.20. The third-order valence-electron chi connectivity index (χ3n) is 2.83. The van der Waals surface area contributed by atoms with E-state index >= 15 is 0 Å². The molecule has 3 nitrogen and oxygen atoms in total. The van der Waals surface area contributed by atoms with Crippen LogP contribution >= 0.6 is 0 Å². The van der Waals surface area contributed by atoms with Gasteiger partial charge in [0.25, 0.3) is 0 Å².